The predicted molar refractivity (Wildman–Crippen MR) is 106 cm³/mol. The van der Waals surface area contributed by atoms with Crippen molar-refractivity contribution < 1.29 is 9.13 Å². The van der Waals surface area contributed by atoms with Gasteiger partial charge in [0, 0.05) is 41.9 Å². The molecule has 2 aliphatic rings. The van der Waals surface area contributed by atoms with Crippen molar-refractivity contribution in [3.63, 3.8) is 0 Å². The van der Waals surface area contributed by atoms with Gasteiger partial charge in [-0.25, -0.2) is 9.40 Å². The molecule has 5 rings (SSSR count). The van der Waals surface area contributed by atoms with Gasteiger partial charge < -0.3 is 4.74 Å². The van der Waals surface area contributed by atoms with Crippen LogP contribution in [0.1, 0.15) is 36.1 Å². The van der Waals surface area contributed by atoms with Crippen LogP contribution in [0.15, 0.2) is 72.1 Å². The summed E-state index contributed by atoms with van der Waals surface area (Å²) in [6.45, 7) is 2.00. The van der Waals surface area contributed by atoms with Gasteiger partial charge in [0.2, 0.25) is 5.72 Å². The zero-order chi connectivity index (χ0) is 19.3. The number of fused-ring (bicyclic) bond motifs is 3. The molecule has 0 amide bonds. The molecule has 0 radical (unpaired) electrons. The largest absolute Gasteiger partial charge is 0.462 e. The summed E-state index contributed by atoms with van der Waals surface area (Å²) >= 11 is 6.26. The van der Waals surface area contributed by atoms with Crippen LogP contribution < -0.4 is 4.74 Å². The first kappa shape index (κ1) is 17.2. The van der Waals surface area contributed by atoms with Crippen molar-refractivity contribution in [1.29, 1.82) is 0 Å². The zero-order valence-corrected chi connectivity index (χ0v) is 15.9. The lowest BCUT2D eigenvalue weighted by Gasteiger charge is -2.46. The third kappa shape index (κ3) is 2.66. The molecule has 0 saturated carbocycles. The summed E-state index contributed by atoms with van der Waals surface area (Å²) in [6.07, 6.45) is 4.18. The van der Waals surface area contributed by atoms with Crippen molar-refractivity contribution in [2.75, 3.05) is 0 Å². The van der Waals surface area contributed by atoms with Crippen LogP contribution in [0.2, 0.25) is 5.02 Å². The molecule has 0 N–H and O–H groups in total. The summed E-state index contributed by atoms with van der Waals surface area (Å²) < 4.78 is 19.8. The van der Waals surface area contributed by atoms with E-state index < -0.39 is 5.72 Å². The molecule has 4 nitrogen and oxygen atoms in total. The second-order valence-corrected chi connectivity index (χ2v) is 7.56. The van der Waals surface area contributed by atoms with Gasteiger partial charge in [-0.3, -0.25) is 4.98 Å². The van der Waals surface area contributed by atoms with E-state index in [0.717, 1.165) is 28.2 Å². The van der Waals surface area contributed by atoms with Crippen molar-refractivity contribution in [3.05, 3.63) is 94.5 Å². The zero-order valence-electron chi connectivity index (χ0n) is 15.1. The van der Waals surface area contributed by atoms with Crippen LogP contribution in [0.3, 0.4) is 0 Å². The quantitative estimate of drug-likeness (QED) is 0.593. The number of aromatic nitrogens is 1. The highest BCUT2D eigenvalue weighted by Gasteiger charge is 2.48. The van der Waals surface area contributed by atoms with Crippen LogP contribution in [-0.2, 0) is 5.72 Å². The Kier molecular flexibility index (Phi) is 3.88. The lowest BCUT2D eigenvalue weighted by Crippen LogP contribution is -2.48. The fourth-order valence-corrected chi connectivity index (χ4v) is 4.13. The minimum atomic E-state index is -0.795. The fraction of sp³-hybridized carbons (Fsp3) is 0.182. The average molecular weight is 394 g/mol. The van der Waals surface area contributed by atoms with E-state index in [-0.39, 0.29) is 11.9 Å². The molecule has 3 heterocycles. The maximum atomic E-state index is 13.4. The summed E-state index contributed by atoms with van der Waals surface area (Å²) in [5.74, 6) is 0.530. The van der Waals surface area contributed by atoms with Crippen LogP contribution in [0, 0.1) is 5.82 Å². The summed E-state index contributed by atoms with van der Waals surface area (Å²) in [5.41, 5.74) is 2.95. The first-order valence-corrected chi connectivity index (χ1v) is 9.44. The second-order valence-electron chi connectivity index (χ2n) is 7.12. The standard InChI is InChI=1S/C22H17ClFN3O/c1-22(15-8-10-25-11-9-15)27-20(18-12-16(23)4-7-21(18)28-22)13-19(26-27)14-2-5-17(24)6-3-14/h2-12,20H,13H2,1H3/t20-,22+/m0/s1. The minimum Gasteiger partial charge on any atom is -0.462 e. The molecule has 6 heteroatoms. The SMILES string of the molecule is C[C@]1(c2ccncc2)Oc2ccc(Cl)cc2[C@@H]2CC(c3ccc(F)cc3)=NN21. The van der Waals surface area contributed by atoms with Crippen LogP contribution in [0.25, 0.3) is 0 Å². The summed E-state index contributed by atoms with van der Waals surface area (Å²) in [4.78, 5) is 4.12. The van der Waals surface area contributed by atoms with Gasteiger partial charge in [0.15, 0.2) is 0 Å². The maximum absolute atomic E-state index is 13.4. The summed E-state index contributed by atoms with van der Waals surface area (Å²) in [6, 6.07) is 15.9. The highest BCUT2D eigenvalue weighted by molar-refractivity contribution is 6.30. The fourth-order valence-electron chi connectivity index (χ4n) is 3.95. The van der Waals surface area contributed by atoms with Gasteiger partial charge in [-0.15, -0.1) is 0 Å². The topological polar surface area (TPSA) is 37.7 Å². The molecule has 0 aliphatic carbocycles. The van der Waals surface area contributed by atoms with E-state index in [9.17, 15) is 4.39 Å². The Morgan fingerprint density at radius 2 is 1.86 bits per heavy atom. The van der Waals surface area contributed by atoms with Crippen molar-refractivity contribution in [2.45, 2.75) is 25.1 Å². The van der Waals surface area contributed by atoms with Crippen LogP contribution in [0.4, 0.5) is 4.39 Å². The van der Waals surface area contributed by atoms with Crippen LogP contribution in [0.5, 0.6) is 5.75 Å². The number of benzene rings is 2. The molecule has 140 valence electrons. The van der Waals surface area contributed by atoms with E-state index in [0.29, 0.717) is 11.4 Å². The Balaban J connectivity index is 1.65. The summed E-state index contributed by atoms with van der Waals surface area (Å²) in [5, 5.41) is 7.55. The Morgan fingerprint density at radius 3 is 2.61 bits per heavy atom. The molecule has 0 bridgehead atoms. The minimum absolute atomic E-state index is 0.0272. The van der Waals surface area contributed by atoms with Crippen molar-refractivity contribution in [1.82, 2.24) is 9.99 Å². The number of halogens is 2. The number of ether oxygens (including phenoxy) is 1. The highest BCUT2D eigenvalue weighted by Crippen LogP contribution is 2.50. The van der Waals surface area contributed by atoms with Gasteiger partial charge in [-0.2, -0.15) is 5.10 Å². The van der Waals surface area contributed by atoms with Crippen molar-refractivity contribution in [3.8, 4) is 5.75 Å². The van der Waals surface area contributed by atoms with Gasteiger partial charge in [-0.1, -0.05) is 23.7 Å². The first-order chi connectivity index (χ1) is 13.5. The molecule has 0 fully saturated rings. The van der Waals surface area contributed by atoms with E-state index in [1.54, 1.807) is 24.5 Å². The molecule has 28 heavy (non-hydrogen) atoms. The highest BCUT2D eigenvalue weighted by atomic mass is 35.5. The Labute approximate surface area is 167 Å². The van der Waals surface area contributed by atoms with Gasteiger partial charge in [0.25, 0.3) is 0 Å². The molecule has 0 unspecified atom stereocenters. The van der Waals surface area contributed by atoms with E-state index in [2.05, 4.69) is 4.98 Å². The van der Waals surface area contributed by atoms with E-state index in [1.807, 2.05) is 42.3 Å². The molecule has 0 saturated heterocycles. The van der Waals surface area contributed by atoms with Gasteiger partial charge in [-0.05, 0) is 48.0 Å². The number of hydrogen-bond acceptors (Lipinski definition) is 4. The lowest BCUT2D eigenvalue weighted by molar-refractivity contribution is -0.112. The van der Waals surface area contributed by atoms with Gasteiger partial charge >= 0.3 is 0 Å². The molecule has 0 spiro atoms. The molecular weight excluding hydrogens is 377 g/mol. The van der Waals surface area contributed by atoms with Crippen LogP contribution in [-0.4, -0.2) is 15.7 Å². The molecule has 1 aromatic heterocycles. The van der Waals surface area contributed by atoms with Gasteiger partial charge in [0.05, 0.1) is 11.8 Å². The number of hydrogen-bond donors (Lipinski definition) is 0. The lowest BCUT2D eigenvalue weighted by atomic mass is 9.93. The van der Waals surface area contributed by atoms with E-state index >= 15 is 0 Å². The average Bonchev–Trinajstić information content (AvgIpc) is 3.17. The third-order valence-corrected chi connectivity index (χ3v) is 5.62. The Morgan fingerprint density at radius 1 is 1.11 bits per heavy atom. The van der Waals surface area contributed by atoms with Crippen molar-refractivity contribution >= 4 is 17.3 Å². The Bertz CT molecular complexity index is 1070. The second kappa shape index (κ2) is 6.31. The Hall–Kier alpha value is -2.92. The number of rotatable bonds is 2. The molecule has 2 aliphatic heterocycles. The smallest absolute Gasteiger partial charge is 0.221 e. The number of pyridine rings is 1. The summed E-state index contributed by atoms with van der Waals surface area (Å²) in [7, 11) is 0. The predicted octanol–water partition coefficient (Wildman–Crippen LogP) is 5.29. The maximum Gasteiger partial charge on any atom is 0.221 e. The van der Waals surface area contributed by atoms with E-state index in [1.165, 1.54) is 12.1 Å². The van der Waals surface area contributed by atoms with Gasteiger partial charge in [0.1, 0.15) is 11.6 Å². The van der Waals surface area contributed by atoms with Crippen molar-refractivity contribution in [2.24, 2.45) is 5.10 Å². The number of nitrogens with zero attached hydrogens (tertiary/aromatic N) is 3. The van der Waals surface area contributed by atoms with E-state index in [4.69, 9.17) is 21.4 Å². The van der Waals surface area contributed by atoms with Crippen LogP contribution >= 0.6 is 11.6 Å². The molecule has 2 atom stereocenters. The monoisotopic (exact) mass is 393 g/mol. The number of hydrazone groups is 1. The molecule has 3 aromatic rings. The third-order valence-electron chi connectivity index (χ3n) is 5.38. The normalized spacial score (nSPS) is 22.9. The molecule has 2 aromatic carbocycles. The first-order valence-electron chi connectivity index (χ1n) is 9.06. The molecular formula is C22H17ClFN3O.